The van der Waals surface area contributed by atoms with Crippen LogP contribution in [0, 0.1) is 0 Å². The van der Waals surface area contributed by atoms with Crippen molar-refractivity contribution in [3.63, 3.8) is 0 Å². The summed E-state index contributed by atoms with van der Waals surface area (Å²) in [6.07, 6.45) is 3.58. The van der Waals surface area contributed by atoms with Gasteiger partial charge in [-0.1, -0.05) is 28.1 Å². The van der Waals surface area contributed by atoms with Crippen LogP contribution in [0.3, 0.4) is 0 Å². The second kappa shape index (κ2) is 5.94. The number of hydrogen-bond acceptors (Lipinski definition) is 2. The Morgan fingerprint density at radius 2 is 2.14 bits per heavy atom. The van der Waals surface area contributed by atoms with Gasteiger partial charge in [0.05, 0.1) is 0 Å². The molecular weight excluding hydrogens is 244 g/mol. The number of halogens is 1. The molecule has 0 fully saturated rings. The van der Waals surface area contributed by atoms with E-state index in [0.29, 0.717) is 5.56 Å². The van der Waals surface area contributed by atoms with Gasteiger partial charge >= 0.3 is 0 Å². The first-order valence-corrected chi connectivity index (χ1v) is 5.41. The summed E-state index contributed by atoms with van der Waals surface area (Å²) < 4.78 is 0.842. The Morgan fingerprint density at radius 1 is 1.36 bits per heavy atom. The highest BCUT2D eigenvalue weighted by atomic mass is 79.9. The van der Waals surface area contributed by atoms with Gasteiger partial charge in [-0.25, -0.2) is 0 Å². The van der Waals surface area contributed by atoms with E-state index < -0.39 is 0 Å². The molecule has 0 aliphatic rings. The van der Waals surface area contributed by atoms with Crippen LogP contribution in [0.2, 0.25) is 0 Å². The van der Waals surface area contributed by atoms with Gasteiger partial charge in [-0.05, 0) is 30.9 Å². The Morgan fingerprint density at radius 3 is 2.71 bits per heavy atom. The minimum atomic E-state index is 0.244. The lowest BCUT2D eigenvalue weighted by atomic mass is 10.1. The van der Waals surface area contributed by atoms with Crippen molar-refractivity contribution in [3.8, 4) is 0 Å². The van der Waals surface area contributed by atoms with Crippen molar-refractivity contribution >= 4 is 22.2 Å². The van der Waals surface area contributed by atoms with Gasteiger partial charge in [0, 0.05) is 16.6 Å². The lowest BCUT2D eigenvalue weighted by molar-refractivity contribution is 0.112. The van der Waals surface area contributed by atoms with Crippen LogP contribution in [-0.4, -0.2) is 18.0 Å². The third-order valence-electron chi connectivity index (χ3n) is 2.07. The molecule has 0 unspecified atom stereocenters. The Bertz CT molecular complexity index is 310. The van der Waals surface area contributed by atoms with E-state index in [-0.39, 0.29) is 6.61 Å². The van der Waals surface area contributed by atoms with E-state index in [1.807, 2.05) is 18.2 Å². The van der Waals surface area contributed by atoms with Crippen LogP contribution in [-0.2, 0) is 6.42 Å². The number of carbonyl (C=O) groups is 1. The summed E-state index contributed by atoms with van der Waals surface area (Å²) in [5.74, 6) is 0. The molecule has 1 aromatic carbocycles. The molecule has 0 saturated carbocycles. The van der Waals surface area contributed by atoms with Crippen molar-refractivity contribution in [2.45, 2.75) is 19.3 Å². The zero-order valence-electron chi connectivity index (χ0n) is 7.87. The summed E-state index contributed by atoms with van der Waals surface area (Å²) in [5, 5.41) is 8.63. The van der Waals surface area contributed by atoms with Crippen LogP contribution < -0.4 is 0 Å². The fourth-order valence-corrected chi connectivity index (χ4v) is 1.78. The first kappa shape index (κ1) is 11.4. The number of aliphatic hydroxyl groups is 1. The summed E-state index contributed by atoms with van der Waals surface area (Å²) in [7, 11) is 0. The normalized spacial score (nSPS) is 10.1. The van der Waals surface area contributed by atoms with Crippen molar-refractivity contribution in [1.82, 2.24) is 0 Å². The molecule has 0 aromatic heterocycles. The third kappa shape index (κ3) is 3.24. The molecular formula is C11H13BrO2. The largest absolute Gasteiger partial charge is 0.396 e. The maximum atomic E-state index is 10.5. The average molecular weight is 257 g/mol. The number of unbranched alkanes of at least 4 members (excludes halogenated alkanes) is 1. The summed E-state index contributed by atoms with van der Waals surface area (Å²) in [5.41, 5.74) is 1.87. The van der Waals surface area contributed by atoms with Gasteiger partial charge < -0.3 is 5.11 Å². The molecule has 14 heavy (non-hydrogen) atoms. The van der Waals surface area contributed by atoms with Crippen molar-refractivity contribution < 1.29 is 9.90 Å². The minimum absolute atomic E-state index is 0.244. The number of aliphatic hydroxyl groups excluding tert-OH is 1. The summed E-state index contributed by atoms with van der Waals surface area (Å²) >= 11 is 3.34. The highest BCUT2D eigenvalue weighted by molar-refractivity contribution is 9.10. The fraction of sp³-hybridized carbons (Fsp3) is 0.364. The predicted molar refractivity (Wildman–Crippen MR) is 59.6 cm³/mol. The third-order valence-corrected chi connectivity index (χ3v) is 2.75. The van der Waals surface area contributed by atoms with Crippen molar-refractivity contribution in [1.29, 1.82) is 0 Å². The second-order valence-corrected chi connectivity index (χ2v) is 4.01. The Labute approximate surface area is 92.1 Å². The Kier molecular flexibility index (Phi) is 4.84. The van der Waals surface area contributed by atoms with E-state index >= 15 is 0 Å². The molecule has 1 aromatic rings. The molecule has 0 radical (unpaired) electrons. The summed E-state index contributed by atoms with van der Waals surface area (Å²) in [6.45, 7) is 0.244. The lowest BCUT2D eigenvalue weighted by Gasteiger charge is -2.02. The quantitative estimate of drug-likeness (QED) is 0.650. The highest BCUT2D eigenvalue weighted by Gasteiger charge is 2.00. The van der Waals surface area contributed by atoms with Crippen molar-refractivity contribution in [3.05, 3.63) is 33.8 Å². The van der Waals surface area contributed by atoms with Gasteiger partial charge in [-0.3, -0.25) is 4.79 Å². The van der Waals surface area contributed by atoms with Gasteiger partial charge in [-0.15, -0.1) is 0 Å². The molecule has 3 heteroatoms. The number of carbonyl (C=O) groups excluding carboxylic acids is 1. The standard InChI is InChI=1S/C11H13BrO2/c12-11-7-9(3-1-2-6-13)4-5-10(11)8-14/h4-5,7-8,13H,1-3,6H2. The number of hydrogen-bond donors (Lipinski definition) is 1. The number of rotatable bonds is 5. The molecule has 0 saturated heterocycles. The van der Waals surface area contributed by atoms with E-state index in [1.165, 1.54) is 5.56 Å². The van der Waals surface area contributed by atoms with Gasteiger partial charge in [0.25, 0.3) is 0 Å². The number of benzene rings is 1. The minimum Gasteiger partial charge on any atom is -0.396 e. The van der Waals surface area contributed by atoms with Gasteiger partial charge in [-0.2, -0.15) is 0 Å². The highest BCUT2D eigenvalue weighted by Crippen LogP contribution is 2.18. The van der Waals surface area contributed by atoms with Gasteiger partial charge in [0.2, 0.25) is 0 Å². The Hall–Kier alpha value is -0.670. The number of aldehydes is 1. The van der Waals surface area contributed by atoms with Crippen molar-refractivity contribution in [2.75, 3.05) is 6.61 Å². The smallest absolute Gasteiger partial charge is 0.151 e. The van der Waals surface area contributed by atoms with Crippen LogP contribution in [0.25, 0.3) is 0 Å². The average Bonchev–Trinajstić information content (AvgIpc) is 2.18. The predicted octanol–water partition coefficient (Wildman–Crippen LogP) is 2.58. The fourth-order valence-electron chi connectivity index (χ4n) is 1.26. The zero-order valence-corrected chi connectivity index (χ0v) is 9.46. The molecule has 0 aliphatic heterocycles. The van der Waals surface area contributed by atoms with Crippen LogP contribution in [0.5, 0.6) is 0 Å². The first-order chi connectivity index (χ1) is 6.77. The molecule has 0 aliphatic carbocycles. The maximum Gasteiger partial charge on any atom is 0.151 e. The molecule has 0 bridgehead atoms. The van der Waals surface area contributed by atoms with Crippen LogP contribution in [0.1, 0.15) is 28.8 Å². The molecule has 1 N–H and O–H groups in total. The molecule has 2 nitrogen and oxygen atoms in total. The zero-order chi connectivity index (χ0) is 10.4. The molecule has 76 valence electrons. The van der Waals surface area contributed by atoms with E-state index in [4.69, 9.17) is 5.11 Å². The Balaban J connectivity index is 2.62. The van der Waals surface area contributed by atoms with Crippen molar-refractivity contribution in [2.24, 2.45) is 0 Å². The van der Waals surface area contributed by atoms with Gasteiger partial charge in [0.15, 0.2) is 6.29 Å². The van der Waals surface area contributed by atoms with Crippen LogP contribution >= 0.6 is 15.9 Å². The molecule has 1 rings (SSSR count). The molecule has 0 heterocycles. The topological polar surface area (TPSA) is 37.3 Å². The molecule has 0 atom stereocenters. The van der Waals surface area contributed by atoms with E-state index in [1.54, 1.807) is 0 Å². The SMILES string of the molecule is O=Cc1ccc(CCCCO)cc1Br. The second-order valence-electron chi connectivity index (χ2n) is 3.15. The molecule has 0 amide bonds. The van der Waals surface area contributed by atoms with E-state index in [2.05, 4.69) is 15.9 Å². The van der Waals surface area contributed by atoms with E-state index in [0.717, 1.165) is 30.0 Å². The summed E-state index contributed by atoms with van der Waals surface area (Å²) in [6, 6.07) is 5.72. The monoisotopic (exact) mass is 256 g/mol. The first-order valence-electron chi connectivity index (χ1n) is 4.62. The lowest BCUT2D eigenvalue weighted by Crippen LogP contribution is -1.90. The van der Waals surface area contributed by atoms with E-state index in [9.17, 15) is 4.79 Å². The van der Waals surface area contributed by atoms with Crippen LogP contribution in [0.4, 0.5) is 0 Å². The molecule has 0 spiro atoms. The van der Waals surface area contributed by atoms with Crippen LogP contribution in [0.15, 0.2) is 22.7 Å². The van der Waals surface area contributed by atoms with Gasteiger partial charge in [0.1, 0.15) is 0 Å². The number of aryl methyl sites for hydroxylation is 1. The maximum absolute atomic E-state index is 10.5. The summed E-state index contributed by atoms with van der Waals surface area (Å²) in [4.78, 5) is 10.5.